The molecular weight excluding hydrogens is 326 g/mol. The predicted octanol–water partition coefficient (Wildman–Crippen LogP) is 3.67. The van der Waals surface area contributed by atoms with Gasteiger partial charge in [-0.1, -0.05) is 0 Å². The lowest BCUT2D eigenvalue weighted by Gasteiger charge is -2.29. The van der Waals surface area contributed by atoms with Crippen molar-refractivity contribution in [3.8, 4) is 11.5 Å². The first-order chi connectivity index (χ1) is 11.4. The van der Waals surface area contributed by atoms with Crippen LogP contribution in [0.2, 0.25) is 0 Å². The number of anilines is 1. The minimum Gasteiger partial charge on any atom is -0.497 e. The molecule has 0 radical (unpaired) electrons. The number of aryl methyl sites for hydroxylation is 1. The van der Waals surface area contributed by atoms with Crippen molar-refractivity contribution in [1.82, 2.24) is 9.88 Å². The average molecular weight is 347 g/mol. The molecule has 1 aliphatic rings. The highest BCUT2D eigenvalue weighted by Crippen LogP contribution is 2.33. The molecule has 3 rings (SSSR count). The van der Waals surface area contributed by atoms with Crippen LogP contribution in [-0.4, -0.2) is 35.2 Å². The van der Waals surface area contributed by atoms with Crippen molar-refractivity contribution in [2.24, 2.45) is 0 Å². The molecule has 0 fully saturated rings. The van der Waals surface area contributed by atoms with Gasteiger partial charge in [-0.25, -0.2) is 9.78 Å². The van der Waals surface area contributed by atoms with Gasteiger partial charge in [-0.15, -0.1) is 11.3 Å². The Hall–Kier alpha value is -2.28. The third kappa shape index (κ3) is 3.62. The van der Waals surface area contributed by atoms with Crippen LogP contribution < -0.4 is 14.8 Å². The van der Waals surface area contributed by atoms with E-state index in [1.54, 1.807) is 18.2 Å². The van der Waals surface area contributed by atoms with Gasteiger partial charge >= 0.3 is 6.03 Å². The largest absolute Gasteiger partial charge is 0.497 e. The number of benzene rings is 1. The Balaban J connectivity index is 1.84. The van der Waals surface area contributed by atoms with Crippen LogP contribution in [0.15, 0.2) is 24.4 Å². The number of methoxy groups -OCH3 is 1. The van der Waals surface area contributed by atoms with Gasteiger partial charge in [0.2, 0.25) is 0 Å². The van der Waals surface area contributed by atoms with Crippen molar-refractivity contribution >= 4 is 22.5 Å². The van der Waals surface area contributed by atoms with Gasteiger partial charge in [-0.05, 0) is 32.9 Å². The quantitative estimate of drug-likeness (QED) is 0.900. The van der Waals surface area contributed by atoms with E-state index in [-0.39, 0.29) is 6.03 Å². The van der Waals surface area contributed by atoms with Crippen LogP contribution in [0.3, 0.4) is 0 Å². The zero-order valence-corrected chi connectivity index (χ0v) is 15.1. The summed E-state index contributed by atoms with van der Waals surface area (Å²) in [5, 5.41) is 3.47. The van der Waals surface area contributed by atoms with E-state index in [1.807, 2.05) is 39.0 Å². The minimum atomic E-state index is -0.506. The molecule has 24 heavy (non-hydrogen) atoms. The summed E-state index contributed by atoms with van der Waals surface area (Å²) < 4.78 is 11.4. The Morgan fingerprint density at radius 2 is 2.25 bits per heavy atom. The SMILES string of the molecule is COc1ccc2c(c1)OC(C)(C)CN(C(=O)Nc1ncc(C)s1)C2. The predicted molar refractivity (Wildman–Crippen MR) is 94.0 cm³/mol. The van der Waals surface area contributed by atoms with E-state index in [2.05, 4.69) is 10.3 Å². The maximum absolute atomic E-state index is 12.7. The topological polar surface area (TPSA) is 63.7 Å². The number of ether oxygens (including phenoxy) is 2. The number of rotatable bonds is 2. The number of amides is 2. The molecule has 1 aliphatic heterocycles. The number of carbonyl (C=O) groups is 1. The lowest BCUT2D eigenvalue weighted by molar-refractivity contribution is 0.0833. The highest BCUT2D eigenvalue weighted by atomic mass is 32.1. The number of fused-ring (bicyclic) bond motifs is 1. The molecule has 0 saturated carbocycles. The molecule has 0 spiro atoms. The molecule has 128 valence electrons. The third-order valence-corrected chi connectivity index (χ3v) is 4.54. The first-order valence-corrected chi connectivity index (χ1v) is 8.52. The lowest BCUT2D eigenvalue weighted by atomic mass is 10.1. The van der Waals surface area contributed by atoms with Gasteiger partial charge < -0.3 is 14.4 Å². The van der Waals surface area contributed by atoms with Crippen LogP contribution in [0.25, 0.3) is 0 Å². The molecule has 7 heteroatoms. The number of hydrogen-bond acceptors (Lipinski definition) is 5. The number of carbonyl (C=O) groups excluding carboxylic acids is 1. The van der Waals surface area contributed by atoms with Crippen LogP contribution in [0.4, 0.5) is 9.93 Å². The van der Waals surface area contributed by atoms with Crippen molar-refractivity contribution in [2.45, 2.75) is 32.9 Å². The number of aromatic nitrogens is 1. The molecule has 2 amide bonds. The van der Waals surface area contributed by atoms with Crippen LogP contribution in [0, 0.1) is 6.92 Å². The van der Waals surface area contributed by atoms with Crippen molar-refractivity contribution in [1.29, 1.82) is 0 Å². The molecule has 1 aromatic carbocycles. The second kappa shape index (κ2) is 6.32. The molecule has 6 nitrogen and oxygen atoms in total. The van der Waals surface area contributed by atoms with Crippen molar-refractivity contribution in [2.75, 3.05) is 19.0 Å². The maximum Gasteiger partial charge on any atom is 0.324 e. The van der Waals surface area contributed by atoms with E-state index in [0.29, 0.717) is 18.2 Å². The summed E-state index contributed by atoms with van der Waals surface area (Å²) in [6.45, 7) is 6.84. The Morgan fingerprint density at radius 3 is 2.92 bits per heavy atom. The second-order valence-electron chi connectivity index (χ2n) is 6.40. The number of urea groups is 1. The zero-order valence-electron chi connectivity index (χ0n) is 14.3. The van der Waals surface area contributed by atoms with E-state index in [9.17, 15) is 4.79 Å². The lowest BCUT2D eigenvalue weighted by Crippen LogP contribution is -2.44. The fourth-order valence-corrected chi connectivity index (χ4v) is 3.32. The van der Waals surface area contributed by atoms with Gasteiger partial charge in [0, 0.05) is 22.7 Å². The summed E-state index contributed by atoms with van der Waals surface area (Å²) in [4.78, 5) is 19.6. The fraction of sp³-hybridized carbons (Fsp3) is 0.412. The maximum atomic E-state index is 12.7. The highest BCUT2D eigenvalue weighted by molar-refractivity contribution is 7.15. The van der Waals surface area contributed by atoms with Crippen molar-refractivity contribution in [3.63, 3.8) is 0 Å². The van der Waals surface area contributed by atoms with Crippen LogP contribution in [0.5, 0.6) is 11.5 Å². The molecular formula is C17H21N3O3S. The summed E-state index contributed by atoms with van der Waals surface area (Å²) in [6.07, 6.45) is 1.75. The number of nitrogens with one attached hydrogen (secondary N) is 1. The molecule has 0 unspecified atom stereocenters. The van der Waals surface area contributed by atoms with Crippen molar-refractivity contribution in [3.05, 3.63) is 34.8 Å². The summed E-state index contributed by atoms with van der Waals surface area (Å²) in [6, 6.07) is 5.50. The van der Waals surface area contributed by atoms with Crippen LogP contribution in [0.1, 0.15) is 24.3 Å². The minimum absolute atomic E-state index is 0.176. The molecule has 0 aliphatic carbocycles. The molecule has 0 bridgehead atoms. The van der Waals surface area contributed by atoms with Crippen LogP contribution >= 0.6 is 11.3 Å². The third-order valence-electron chi connectivity index (χ3n) is 3.72. The van der Waals surface area contributed by atoms with Gasteiger partial charge in [0.05, 0.1) is 20.2 Å². The van der Waals surface area contributed by atoms with Gasteiger partial charge in [-0.2, -0.15) is 0 Å². The van der Waals surface area contributed by atoms with E-state index in [0.717, 1.165) is 21.9 Å². The Labute approximate surface area is 145 Å². The molecule has 2 heterocycles. The first-order valence-electron chi connectivity index (χ1n) is 7.70. The molecule has 2 aromatic rings. The molecule has 1 N–H and O–H groups in total. The summed E-state index contributed by atoms with van der Waals surface area (Å²) in [5.41, 5.74) is 0.445. The first kappa shape index (κ1) is 16.6. The van der Waals surface area contributed by atoms with Gasteiger partial charge in [0.15, 0.2) is 5.13 Å². The standard InChI is InChI=1S/C17H21N3O3S/c1-11-8-18-15(24-11)19-16(21)20-9-12-5-6-13(22-4)7-14(12)23-17(2,3)10-20/h5-8H,9-10H2,1-4H3,(H,18,19,21). The van der Waals surface area contributed by atoms with Crippen LogP contribution in [-0.2, 0) is 6.54 Å². The highest BCUT2D eigenvalue weighted by Gasteiger charge is 2.32. The molecule has 0 atom stereocenters. The van der Waals surface area contributed by atoms with E-state index in [1.165, 1.54) is 11.3 Å². The number of nitrogens with zero attached hydrogens (tertiary/aromatic N) is 2. The smallest absolute Gasteiger partial charge is 0.324 e. The van der Waals surface area contributed by atoms with E-state index in [4.69, 9.17) is 9.47 Å². The van der Waals surface area contributed by atoms with Gasteiger partial charge in [0.1, 0.15) is 17.1 Å². The van der Waals surface area contributed by atoms with Crippen molar-refractivity contribution < 1.29 is 14.3 Å². The molecule has 0 saturated heterocycles. The fourth-order valence-electron chi connectivity index (χ4n) is 2.67. The monoisotopic (exact) mass is 347 g/mol. The van der Waals surface area contributed by atoms with E-state index >= 15 is 0 Å². The summed E-state index contributed by atoms with van der Waals surface area (Å²) in [7, 11) is 1.62. The number of hydrogen-bond donors (Lipinski definition) is 1. The Morgan fingerprint density at radius 1 is 1.46 bits per heavy atom. The Bertz CT molecular complexity index is 757. The Kier molecular flexibility index (Phi) is 4.36. The summed E-state index contributed by atoms with van der Waals surface area (Å²) in [5.74, 6) is 1.49. The molecule has 1 aromatic heterocycles. The summed E-state index contributed by atoms with van der Waals surface area (Å²) >= 11 is 1.46. The van der Waals surface area contributed by atoms with E-state index < -0.39 is 5.60 Å². The zero-order chi connectivity index (χ0) is 17.3. The number of thiazole rings is 1. The normalized spacial score (nSPS) is 15.9. The van der Waals surface area contributed by atoms with Gasteiger partial charge in [0.25, 0.3) is 0 Å². The van der Waals surface area contributed by atoms with Gasteiger partial charge in [-0.3, -0.25) is 5.32 Å². The second-order valence-corrected chi connectivity index (χ2v) is 7.63. The average Bonchev–Trinajstić information content (AvgIpc) is 2.85.